The van der Waals surface area contributed by atoms with Crippen molar-refractivity contribution in [2.45, 2.75) is 18.9 Å². The summed E-state index contributed by atoms with van der Waals surface area (Å²) in [4.78, 5) is 4.40. The van der Waals surface area contributed by atoms with Crippen LogP contribution in [-0.4, -0.2) is 21.8 Å². The zero-order chi connectivity index (χ0) is 11.0. The predicted octanol–water partition coefficient (Wildman–Crippen LogP) is 2.32. The molecule has 2 aromatic heterocycles. The van der Waals surface area contributed by atoms with E-state index in [4.69, 9.17) is 0 Å². The molecule has 2 heterocycles. The molecule has 0 radical (unpaired) electrons. The van der Waals surface area contributed by atoms with Crippen molar-refractivity contribution in [3.05, 3.63) is 30.7 Å². The summed E-state index contributed by atoms with van der Waals surface area (Å²) in [5.74, 6) is 0. The summed E-state index contributed by atoms with van der Waals surface area (Å²) in [5.41, 5.74) is 3.10. The minimum Gasteiger partial charge on any atom is -0.387 e. The molecule has 0 aromatic carbocycles. The normalized spacial score (nSPS) is 15.1. The third kappa shape index (κ3) is 1.66. The van der Waals surface area contributed by atoms with Crippen molar-refractivity contribution in [2.75, 3.05) is 12.4 Å². The maximum absolute atomic E-state index is 4.40. The molecule has 16 heavy (non-hydrogen) atoms. The molecule has 2 aromatic rings. The van der Waals surface area contributed by atoms with Crippen LogP contribution >= 0.6 is 0 Å². The molecular weight excluding hydrogens is 200 g/mol. The van der Waals surface area contributed by atoms with E-state index in [1.54, 1.807) is 0 Å². The second-order valence-corrected chi connectivity index (χ2v) is 4.12. The highest BCUT2D eigenvalue weighted by molar-refractivity contribution is 5.59. The van der Waals surface area contributed by atoms with Crippen LogP contribution in [0.4, 0.5) is 5.69 Å². The Hall–Kier alpha value is -1.84. The Kier molecular flexibility index (Phi) is 2.13. The van der Waals surface area contributed by atoms with Gasteiger partial charge in [-0.2, -0.15) is 5.10 Å². The first-order chi connectivity index (χ1) is 7.86. The van der Waals surface area contributed by atoms with Crippen molar-refractivity contribution < 1.29 is 0 Å². The Labute approximate surface area is 94.3 Å². The Morgan fingerprint density at radius 2 is 2.19 bits per heavy atom. The average Bonchev–Trinajstić information content (AvgIpc) is 3.08. The predicted molar refractivity (Wildman–Crippen MR) is 63.3 cm³/mol. The van der Waals surface area contributed by atoms with E-state index in [1.165, 1.54) is 12.8 Å². The van der Waals surface area contributed by atoms with Gasteiger partial charge in [-0.1, -0.05) is 0 Å². The van der Waals surface area contributed by atoms with Gasteiger partial charge in [-0.3, -0.25) is 9.67 Å². The van der Waals surface area contributed by atoms with E-state index in [-0.39, 0.29) is 0 Å². The molecular formula is C12H14N4. The first-order valence-corrected chi connectivity index (χ1v) is 5.55. The molecule has 1 N–H and O–H groups in total. The summed E-state index contributed by atoms with van der Waals surface area (Å²) < 4.78 is 2.04. The molecule has 4 heteroatoms. The van der Waals surface area contributed by atoms with Gasteiger partial charge in [0, 0.05) is 18.8 Å². The summed E-state index contributed by atoms with van der Waals surface area (Å²) in [6.07, 6.45) is 8.32. The van der Waals surface area contributed by atoms with Crippen molar-refractivity contribution >= 4 is 5.69 Å². The van der Waals surface area contributed by atoms with Gasteiger partial charge >= 0.3 is 0 Å². The Bertz CT molecular complexity index is 482. The molecule has 4 nitrogen and oxygen atoms in total. The summed E-state index contributed by atoms with van der Waals surface area (Å²) >= 11 is 0. The van der Waals surface area contributed by atoms with Crippen LogP contribution in [0.5, 0.6) is 0 Å². The Morgan fingerprint density at radius 1 is 1.31 bits per heavy atom. The minimum absolute atomic E-state index is 0.630. The average molecular weight is 214 g/mol. The highest BCUT2D eigenvalue weighted by Gasteiger charge is 2.24. The van der Waals surface area contributed by atoms with E-state index < -0.39 is 0 Å². The second kappa shape index (κ2) is 3.63. The van der Waals surface area contributed by atoms with Crippen molar-refractivity contribution in [3.63, 3.8) is 0 Å². The van der Waals surface area contributed by atoms with Crippen LogP contribution in [0.2, 0.25) is 0 Å². The van der Waals surface area contributed by atoms with Gasteiger partial charge in [0.25, 0.3) is 0 Å². The molecule has 3 rings (SSSR count). The van der Waals surface area contributed by atoms with Crippen LogP contribution in [-0.2, 0) is 0 Å². The lowest BCUT2D eigenvalue weighted by Gasteiger charge is -2.00. The van der Waals surface area contributed by atoms with Gasteiger partial charge in [0.2, 0.25) is 0 Å². The fourth-order valence-electron chi connectivity index (χ4n) is 1.72. The van der Waals surface area contributed by atoms with E-state index in [1.807, 2.05) is 36.3 Å². The molecule has 0 amide bonds. The van der Waals surface area contributed by atoms with Crippen molar-refractivity contribution in [2.24, 2.45) is 0 Å². The summed E-state index contributed by atoms with van der Waals surface area (Å²) in [7, 11) is 1.89. The van der Waals surface area contributed by atoms with Gasteiger partial charge in [0.15, 0.2) is 0 Å². The topological polar surface area (TPSA) is 42.7 Å². The summed E-state index contributed by atoms with van der Waals surface area (Å²) in [6, 6.07) is 4.67. The van der Waals surface area contributed by atoms with Crippen LogP contribution in [0.15, 0.2) is 30.7 Å². The van der Waals surface area contributed by atoms with Crippen molar-refractivity contribution in [3.8, 4) is 11.3 Å². The molecule has 82 valence electrons. The van der Waals surface area contributed by atoms with Crippen molar-refractivity contribution in [1.82, 2.24) is 14.8 Å². The molecule has 0 atom stereocenters. The fraction of sp³-hybridized carbons (Fsp3) is 0.333. The minimum atomic E-state index is 0.630. The fourth-order valence-corrected chi connectivity index (χ4v) is 1.72. The Morgan fingerprint density at radius 3 is 2.81 bits per heavy atom. The second-order valence-electron chi connectivity index (χ2n) is 4.12. The number of nitrogens with one attached hydrogen (secondary N) is 1. The van der Waals surface area contributed by atoms with E-state index >= 15 is 0 Å². The zero-order valence-electron chi connectivity index (χ0n) is 9.22. The number of anilines is 1. The quantitative estimate of drug-likeness (QED) is 0.852. The molecule has 0 saturated heterocycles. The molecule has 1 aliphatic rings. The molecule has 1 fully saturated rings. The molecule has 1 saturated carbocycles. The first-order valence-electron chi connectivity index (χ1n) is 5.55. The standard InChI is InChI=1S/C12H14N4/c1-13-10-2-5-12(14-7-10)9-6-15-16(8-9)11-3-4-11/h2,5-8,11,13H,3-4H2,1H3. The van der Waals surface area contributed by atoms with E-state index in [9.17, 15) is 0 Å². The molecule has 0 bridgehead atoms. The number of rotatable bonds is 3. The third-order valence-corrected chi connectivity index (χ3v) is 2.87. The van der Waals surface area contributed by atoms with E-state index in [0.29, 0.717) is 6.04 Å². The van der Waals surface area contributed by atoms with Crippen molar-refractivity contribution in [1.29, 1.82) is 0 Å². The van der Waals surface area contributed by atoms with Gasteiger partial charge in [-0.25, -0.2) is 0 Å². The zero-order valence-corrected chi connectivity index (χ0v) is 9.22. The van der Waals surface area contributed by atoms with Gasteiger partial charge < -0.3 is 5.32 Å². The monoisotopic (exact) mass is 214 g/mol. The number of hydrogen-bond acceptors (Lipinski definition) is 3. The number of aromatic nitrogens is 3. The number of nitrogens with zero attached hydrogens (tertiary/aromatic N) is 3. The van der Waals surface area contributed by atoms with E-state index in [0.717, 1.165) is 16.9 Å². The van der Waals surface area contributed by atoms with Crippen LogP contribution < -0.4 is 5.32 Å². The van der Waals surface area contributed by atoms with Crippen LogP contribution in [0.25, 0.3) is 11.3 Å². The van der Waals surface area contributed by atoms with Crippen LogP contribution in [0.3, 0.4) is 0 Å². The smallest absolute Gasteiger partial charge is 0.0735 e. The highest BCUT2D eigenvalue weighted by Crippen LogP contribution is 2.34. The molecule has 0 aliphatic heterocycles. The number of pyridine rings is 1. The lowest BCUT2D eigenvalue weighted by Crippen LogP contribution is -1.92. The van der Waals surface area contributed by atoms with Gasteiger partial charge in [0.05, 0.1) is 29.8 Å². The molecule has 0 unspecified atom stereocenters. The third-order valence-electron chi connectivity index (χ3n) is 2.87. The maximum Gasteiger partial charge on any atom is 0.0735 e. The SMILES string of the molecule is CNc1ccc(-c2cnn(C3CC3)c2)nc1. The summed E-state index contributed by atoms with van der Waals surface area (Å²) in [6.45, 7) is 0. The summed E-state index contributed by atoms with van der Waals surface area (Å²) in [5, 5.41) is 7.41. The lowest BCUT2D eigenvalue weighted by molar-refractivity contribution is 0.642. The first kappa shape index (κ1) is 9.39. The van der Waals surface area contributed by atoms with Gasteiger partial charge in [-0.05, 0) is 25.0 Å². The van der Waals surface area contributed by atoms with E-state index in [2.05, 4.69) is 21.6 Å². The van der Waals surface area contributed by atoms with Gasteiger partial charge in [-0.15, -0.1) is 0 Å². The molecule has 0 spiro atoms. The lowest BCUT2D eigenvalue weighted by atomic mass is 10.2. The largest absolute Gasteiger partial charge is 0.387 e. The molecule has 1 aliphatic carbocycles. The van der Waals surface area contributed by atoms with Crippen LogP contribution in [0.1, 0.15) is 18.9 Å². The highest BCUT2D eigenvalue weighted by atomic mass is 15.3. The van der Waals surface area contributed by atoms with Crippen LogP contribution in [0, 0.1) is 0 Å². The van der Waals surface area contributed by atoms with Gasteiger partial charge in [0.1, 0.15) is 0 Å². The maximum atomic E-state index is 4.40. The Balaban J connectivity index is 1.88. The number of hydrogen-bond donors (Lipinski definition) is 1.